The van der Waals surface area contributed by atoms with Crippen molar-refractivity contribution >= 4 is 41.2 Å². The van der Waals surface area contributed by atoms with Crippen LogP contribution in [0.4, 0.5) is 21.0 Å². The summed E-state index contributed by atoms with van der Waals surface area (Å²) in [4.78, 5) is 45.9. The fourth-order valence-electron chi connectivity index (χ4n) is 3.34. The number of carbonyl (C=O) groups is 3. The first-order valence-corrected chi connectivity index (χ1v) is 10.0. The van der Waals surface area contributed by atoms with Crippen LogP contribution in [0.1, 0.15) is 0 Å². The van der Waals surface area contributed by atoms with Crippen LogP contribution in [0.5, 0.6) is 0 Å². The second kappa shape index (κ2) is 10.0. The minimum absolute atomic E-state index is 0.00325. The van der Waals surface area contributed by atoms with Crippen LogP contribution in [0.25, 0.3) is 0 Å². The van der Waals surface area contributed by atoms with Crippen molar-refractivity contribution in [2.75, 3.05) is 69.9 Å². The number of piperazine rings is 1. The molecule has 2 aliphatic rings. The van der Waals surface area contributed by atoms with E-state index in [-0.39, 0.29) is 19.1 Å². The molecular formula is C19H26N4O6S. The first-order valence-electron chi connectivity index (χ1n) is 9.58. The van der Waals surface area contributed by atoms with Crippen molar-refractivity contribution in [1.29, 1.82) is 0 Å². The summed E-state index contributed by atoms with van der Waals surface area (Å²) in [7, 11) is 2.96. The van der Waals surface area contributed by atoms with Crippen LogP contribution in [-0.4, -0.2) is 93.4 Å². The maximum absolute atomic E-state index is 12.2. The molecule has 0 saturated carbocycles. The number of hydroxylamine groups is 2. The molecule has 1 aromatic carbocycles. The average Bonchev–Trinajstić information content (AvgIpc) is 3.13. The van der Waals surface area contributed by atoms with E-state index in [4.69, 9.17) is 14.3 Å². The van der Waals surface area contributed by atoms with Crippen LogP contribution < -0.4 is 9.80 Å². The van der Waals surface area contributed by atoms with Gasteiger partial charge in [0.2, 0.25) is 5.91 Å². The molecule has 1 atom stereocenters. The lowest BCUT2D eigenvalue weighted by molar-refractivity contribution is -0.135. The van der Waals surface area contributed by atoms with E-state index in [1.807, 2.05) is 24.3 Å². The lowest BCUT2D eigenvalue weighted by Gasteiger charge is -2.36. The Labute approximate surface area is 180 Å². The summed E-state index contributed by atoms with van der Waals surface area (Å²) in [6, 6.07) is 7.64. The van der Waals surface area contributed by atoms with Crippen LogP contribution >= 0.6 is 12.6 Å². The summed E-state index contributed by atoms with van der Waals surface area (Å²) < 4.78 is 10.2. The average molecular weight is 439 g/mol. The van der Waals surface area contributed by atoms with Crippen LogP contribution in [0.2, 0.25) is 0 Å². The Morgan fingerprint density at radius 3 is 2.40 bits per heavy atom. The molecule has 2 fully saturated rings. The molecule has 0 spiro atoms. The van der Waals surface area contributed by atoms with E-state index >= 15 is 0 Å². The number of hydrogen-bond acceptors (Lipinski definition) is 7. The Morgan fingerprint density at radius 2 is 1.80 bits per heavy atom. The van der Waals surface area contributed by atoms with Gasteiger partial charge in [-0.25, -0.2) is 9.86 Å². The highest BCUT2D eigenvalue weighted by Gasteiger charge is 2.33. The van der Waals surface area contributed by atoms with Crippen molar-refractivity contribution in [3.8, 4) is 0 Å². The molecule has 0 N–H and O–H groups in total. The lowest BCUT2D eigenvalue weighted by Crippen LogP contribution is -2.49. The van der Waals surface area contributed by atoms with E-state index in [9.17, 15) is 14.4 Å². The summed E-state index contributed by atoms with van der Waals surface area (Å²) in [6.07, 6.45) is -0.938. The quantitative estimate of drug-likeness (QED) is 0.506. The second-order valence-electron chi connectivity index (χ2n) is 7.01. The van der Waals surface area contributed by atoms with Gasteiger partial charge >= 0.3 is 11.3 Å². The first kappa shape index (κ1) is 22.2. The molecule has 0 unspecified atom stereocenters. The Bertz CT molecular complexity index is 769. The number of thiol groups is 1. The zero-order chi connectivity index (χ0) is 21.7. The zero-order valence-electron chi connectivity index (χ0n) is 17.0. The van der Waals surface area contributed by atoms with Gasteiger partial charge in [0.25, 0.3) is 0 Å². The SMILES string of the molecule is COCC(=O)N1CCN(c2ccc(N3C[C@@H](CON(C)C(=O)S)OC3=O)cc2)CC1. The highest BCUT2D eigenvalue weighted by molar-refractivity contribution is 7.96. The van der Waals surface area contributed by atoms with Crippen molar-refractivity contribution in [2.24, 2.45) is 0 Å². The zero-order valence-corrected chi connectivity index (χ0v) is 17.9. The highest BCUT2D eigenvalue weighted by Crippen LogP contribution is 2.25. The number of benzene rings is 1. The number of carbonyl (C=O) groups excluding carboxylic acids is 3. The van der Waals surface area contributed by atoms with Crippen LogP contribution in [-0.2, 0) is 19.1 Å². The molecule has 0 aliphatic carbocycles. The molecule has 0 radical (unpaired) electrons. The van der Waals surface area contributed by atoms with E-state index in [0.717, 1.165) is 29.5 Å². The van der Waals surface area contributed by atoms with Crippen molar-refractivity contribution in [1.82, 2.24) is 9.96 Å². The molecule has 2 saturated heterocycles. The maximum atomic E-state index is 12.2. The molecular weight excluding hydrogens is 412 g/mol. The minimum atomic E-state index is -0.532. The largest absolute Gasteiger partial charge is 0.441 e. The number of rotatable bonds is 7. The van der Waals surface area contributed by atoms with E-state index < -0.39 is 17.4 Å². The van der Waals surface area contributed by atoms with Crippen molar-refractivity contribution < 1.29 is 28.7 Å². The molecule has 0 bridgehead atoms. The van der Waals surface area contributed by atoms with Gasteiger partial charge < -0.3 is 19.3 Å². The standard InChI is InChI=1S/C19H26N4O6S/c1-20(19(26)30)28-12-16-11-23(18(25)29-16)15-5-3-14(4-6-15)21-7-9-22(10-8-21)17(24)13-27-2/h3-6,16H,7-13H2,1-2H3,(H,26,30)/t16-/m0/s1. The van der Waals surface area contributed by atoms with Gasteiger partial charge in [0, 0.05) is 51.7 Å². The Morgan fingerprint density at radius 1 is 1.17 bits per heavy atom. The molecule has 164 valence electrons. The number of methoxy groups -OCH3 is 1. The summed E-state index contributed by atoms with van der Waals surface area (Å²) in [6.45, 7) is 3.26. The topological polar surface area (TPSA) is 91.9 Å². The van der Waals surface area contributed by atoms with Gasteiger partial charge in [-0.2, -0.15) is 0 Å². The van der Waals surface area contributed by atoms with Gasteiger partial charge in [-0.1, -0.05) is 12.6 Å². The van der Waals surface area contributed by atoms with Crippen LogP contribution in [0.3, 0.4) is 0 Å². The van der Waals surface area contributed by atoms with Crippen molar-refractivity contribution in [2.45, 2.75) is 6.10 Å². The van der Waals surface area contributed by atoms with E-state index in [1.165, 1.54) is 19.1 Å². The van der Waals surface area contributed by atoms with Gasteiger partial charge in [-0.3, -0.25) is 19.3 Å². The highest BCUT2D eigenvalue weighted by atomic mass is 32.1. The third kappa shape index (κ3) is 5.35. The fraction of sp³-hybridized carbons (Fsp3) is 0.526. The number of cyclic esters (lactones) is 1. The predicted octanol–water partition coefficient (Wildman–Crippen LogP) is 1.22. The van der Waals surface area contributed by atoms with Gasteiger partial charge in [-0.05, 0) is 24.3 Å². The fourth-order valence-corrected chi connectivity index (χ4v) is 3.40. The van der Waals surface area contributed by atoms with Crippen molar-refractivity contribution in [3.05, 3.63) is 24.3 Å². The number of amides is 3. The van der Waals surface area contributed by atoms with Crippen LogP contribution in [0.15, 0.2) is 24.3 Å². The van der Waals surface area contributed by atoms with Crippen LogP contribution in [0, 0.1) is 0 Å². The van der Waals surface area contributed by atoms with Gasteiger partial charge in [0.15, 0.2) is 0 Å². The monoisotopic (exact) mass is 438 g/mol. The molecule has 3 amide bonds. The number of nitrogens with zero attached hydrogens (tertiary/aromatic N) is 4. The molecule has 10 nitrogen and oxygen atoms in total. The molecule has 2 heterocycles. The molecule has 0 aromatic heterocycles. The minimum Gasteiger partial charge on any atom is -0.441 e. The normalized spacial score (nSPS) is 19.1. The summed E-state index contributed by atoms with van der Waals surface area (Å²) >= 11 is 3.65. The number of ether oxygens (including phenoxy) is 2. The van der Waals surface area contributed by atoms with Gasteiger partial charge in [0.05, 0.1) is 6.54 Å². The number of hydrogen-bond donors (Lipinski definition) is 1. The predicted molar refractivity (Wildman–Crippen MR) is 113 cm³/mol. The molecule has 3 rings (SSSR count). The molecule has 1 aromatic rings. The summed E-state index contributed by atoms with van der Waals surface area (Å²) in [5.74, 6) is 0.00325. The van der Waals surface area contributed by atoms with E-state index in [0.29, 0.717) is 19.6 Å². The van der Waals surface area contributed by atoms with Gasteiger partial charge in [-0.15, -0.1) is 0 Å². The molecule has 30 heavy (non-hydrogen) atoms. The maximum Gasteiger partial charge on any atom is 0.414 e. The lowest BCUT2D eigenvalue weighted by atomic mass is 10.2. The van der Waals surface area contributed by atoms with Gasteiger partial charge in [0.1, 0.15) is 19.3 Å². The Hall–Kier alpha value is -2.50. The molecule has 2 aliphatic heterocycles. The third-order valence-corrected chi connectivity index (χ3v) is 5.31. The second-order valence-corrected chi connectivity index (χ2v) is 7.39. The summed E-state index contributed by atoms with van der Waals surface area (Å²) in [5.41, 5.74) is 1.75. The van der Waals surface area contributed by atoms with Crippen molar-refractivity contribution in [3.63, 3.8) is 0 Å². The summed E-state index contributed by atoms with van der Waals surface area (Å²) in [5, 5.41) is 0.451. The Kier molecular flexibility index (Phi) is 7.40. The van der Waals surface area contributed by atoms with E-state index in [1.54, 1.807) is 4.90 Å². The smallest absolute Gasteiger partial charge is 0.414 e. The Balaban J connectivity index is 1.53. The third-order valence-electron chi connectivity index (χ3n) is 5.02. The van der Waals surface area contributed by atoms with E-state index in [2.05, 4.69) is 17.5 Å². The molecule has 11 heteroatoms. The number of anilines is 2. The first-order chi connectivity index (χ1) is 14.4.